The smallest absolute Gasteiger partial charge is 0.107 e. The molecule has 1 aromatic heterocycles. The Labute approximate surface area is 101 Å². The molecule has 3 N–H and O–H groups in total. The van der Waals surface area contributed by atoms with Crippen LogP contribution in [0, 0.1) is 12.8 Å². The molecule has 1 aromatic rings. The number of rotatable bonds is 4. The summed E-state index contributed by atoms with van der Waals surface area (Å²) in [6.45, 7) is 3.97. The minimum absolute atomic E-state index is 0.402. The Balaban J connectivity index is 1.71. The molecule has 0 aromatic carbocycles. The van der Waals surface area contributed by atoms with Gasteiger partial charge in [-0.05, 0) is 32.2 Å². The van der Waals surface area contributed by atoms with Gasteiger partial charge in [0, 0.05) is 23.7 Å². The minimum atomic E-state index is 0.402. The molecule has 90 valence electrons. The first-order valence-corrected chi connectivity index (χ1v) is 7.01. The molecule has 4 heteroatoms. The summed E-state index contributed by atoms with van der Waals surface area (Å²) >= 11 is 1.73. The van der Waals surface area contributed by atoms with Gasteiger partial charge in [-0.1, -0.05) is 12.8 Å². The van der Waals surface area contributed by atoms with Gasteiger partial charge in [0.15, 0.2) is 0 Å². The van der Waals surface area contributed by atoms with Crippen LogP contribution in [-0.2, 0) is 6.54 Å². The second-order valence-electron chi connectivity index (χ2n) is 4.72. The summed E-state index contributed by atoms with van der Waals surface area (Å²) in [4.78, 5) is 4.44. The maximum Gasteiger partial charge on any atom is 0.107 e. The van der Waals surface area contributed by atoms with Crippen LogP contribution in [0.2, 0.25) is 0 Å². The summed E-state index contributed by atoms with van der Waals surface area (Å²) in [6.07, 6.45) is 5.13. The molecule has 2 rings (SSSR count). The fourth-order valence-corrected chi connectivity index (χ4v) is 3.08. The van der Waals surface area contributed by atoms with Crippen molar-refractivity contribution in [3.05, 3.63) is 16.1 Å². The Hall–Kier alpha value is -0.450. The molecule has 0 radical (unpaired) electrons. The molecule has 0 amide bonds. The standard InChI is InChI=1S/C12H21N3S/c1-9-8-16-12(15-9)7-14-6-10-4-2-3-5-11(10)13/h8,10-11,14H,2-7,13H2,1H3. The zero-order valence-electron chi connectivity index (χ0n) is 9.91. The van der Waals surface area contributed by atoms with Gasteiger partial charge < -0.3 is 11.1 Å². The predicted octanol–water partition coefficient (Wildman–Crippen LogP) is 2.06. The molecule has 1 aliphatic carbocycles. The van der Waals surface area contributed by atoms with Crippen molar-refractivity contribution in [3.63, 3.8) is 0 Å². The number of nitrogens with two attached hydrogens (primary N) is 1. The van der Waals surface area contributed by atoms with Crippen molar-refractivity contribution in [2.45, 2.75) is 45.2 Å². The van der Waals surface area contributed by atoms with Crippen molar-refractivity contribution in [1.29, 1.82) is 0 Å². The van der Waals surface area contributed by atoms with Crippen molar-refractivity contribution in [1.82, 2.24) is 10.3 Å². The summed E-state index contributed by atoms with van der Waals surface area (Å²) < 4.78 is 0. The summed E-state index contributed by atoms with van der Waals surface area (Å²) in [5, 5.41) is 6.77. The van der Waals surface area contributed by atoms with Gasteiger partial charge in [-0.2, -0.15) is 0 Å². The number of thiazole rings is 1. The van der Waals surface area contributed by atoms with Crippen molar-refractivity contribution >= 4 is 11.3 Å². The van der Waals surface area contributed by atoms with E-state index in [1.54, 1.807) is 11.3 Å². The molecule has 2 atom stereocenters. The predicted molar refractivity (Wildman–Crippen MR) is 68.5 cm³/mol. The Morgan fingerprint density at radius 3 is 3.00 bits per heavy atom. The molecule has 1 saturated carbocycles. The number of nitrogens with zero attached hydrogens (tertiary/aromatic N) is 1. The summed E-state index contributed by atoms with van der Waals surface area (Å²) in [7, 11) is 0. The van der Waals surface area contributed by atoms with Crippen LogP contribution < -0.4 is 11.1 Å². The van der Waals surface area contributed by atoms with E-state index in [-0.39, 0.29) is 0 Å². The SMILES string of the molecule is Cc1csc(CNCC2CCCCC2N)n1. The number of hydrogen-bond acceptors (Lipinski definition) is 4. The fourth-order valence-electron chi connectivity index (χ4n) is 2.34. The summed E-state index contributed by atoms with van der Waals surface area (Å²) in [6, 6.07) is 0.402. The van der Waals surface area contributed by atoms with Crippen LogP contribution in [0.25, 0.3) is 0 Å². The first kappa shape index (κ1) is 12.0. The number of hydrogen-bond donors (Lipinski definition) is 2. The van der Waals surface area contributed by atoms with E-state index in [1.165, 1.54) is 30.7 Å². The van der Waals surface area contributed by atoms with Crippen LogP contribution in [0.4, 0.5) is 0 Å². The van der Waals surface area contributed by atoms with Gasteiger partial charge in [0.2, 0.25) is 0 Å². The van der Waals surface area contributed by atoms with E-state index in [2.05, 4.69) is 15.7 Å². The third-order valence-electron chi connectivity index (χ3n) is 3.32. The first-order valence-electron chi connectivity index (χ1n) is 6.13. The van der Waals surface area contributed by atoms with E-state index < -0.39 is 0 Å². The largest absolute Gasteiger partial charge is 0.327 e. The van der Waals surface area contributed by atoms with Crippen molar-refractivity contribution in [3.8, 4) is 0 Å². The quantitative estimate of drug-likeness (QED) is 0.845. The monoisotopic (exact) mass is 239 g/mol. The lowest BCUT2D eigenvalue weighted by Crippen LogP contribution is -2.39. The lowest BCUT2D eigenvalue weighted by Gasteiger charge is -2.28. The van der Waals surface area contributed by atoms with Crippen molar-refractivity contribution in [2.75, 3.05) is 6.54 Å². The van der Waals surface area contributed by atoms with E-state index >= 15 is 0 Å². The van der Waals surface area contributed by atoms with E-state index in [0.29, 0.717) is 12.0 Å². The molecule has 1 aliphatic rings. The zero-order valence-corrected chi connectivity index (χ0v) is 10.7. The second kappa shape index (κ2) is 5.75. The molecular formula is C12H21N3S. The molecule has 0 aliphatic heterocycles. The van der Waals surface area contributed by atoms with Crippen LogP contribution in [0.1, 0.15) is 36.4 Å². The Morgan fingerprint density at radius 2 is 2.31 bits per heavy atom. The highest BCUT2D eigenvalue weighted by Gasteiger charge is 2.20. The van der Waals surface area contributed by atoms with Crippen LogP contribution in [0.15, 0.2) is 5.38 Å². The molecule has 0 saturated heterocycles. The molecule has 0 bridgehead atoms. The average Bonchev–Trinajstić information content (AvgIpc) is 2.67. The summed E-state index contributed by atoms with van der Waals surface area (Å²) in [5.41, 5.74) is 7.23. The Kier molecular flexibility index (Phi) is 4.32. The Bertz CT molecular complexity index is 324. The Morgan fingerprint density at radius 1 is 1.50 bits per heavy atom. The molecular weight excluding hydrogens is 218 g/mol. The molecule has 16 heavy (non-hydrogen) atoms. The normalized spacial score (nSPS) is 25.9. The lowest BCUT2D eigenvalue weighted by molar-refractivity contribution is 0.296. The number of nitrogens with one attached hydrogen (secondary N) is 1. The second-order valence-corrected chi connectivity index (χ2v) is 5.66. The van der Waals surface area contributed by atoms with Gasteiger partial charge in [0.25, 0.3) is 0 Å². The van der Waals surface area contributed by atoms with Crippen LogP contribution in [0.3, 0.4) is 0 Å². The third kappa shape index (κ3) is 3.27. The molecule has 1 heterocycles. The van der Waals surface area contributed by atoms with Gasteiger partial charge in [0.05, 0.1) is 0 Å². The van der Waals surface area contributed by atoms with E-state index in [0.717, 1.165) is 18.8 Å². The maximum atomic E-state index is 6.11. The maximum absolute atomic E-state index is 6.11. The van der Waals surface area contributed by atoms with Gasteiger partial charge in [-0.15, -0.1) is 11.3 Å². The van der Waals surface area contributed by atoms with Gasteiger partial charge in [-0.3, -0.25) is 0 Å². The van der Waals surface area contributed by atoms with Crippen LogP contribution >= 0.6 is 11.3 Å². The average molecular weight is 239 g/mol. The third-order valence-corrected chi connectivity index (χ3v) is 4.28. The first-order chi connectivity index (χ1) is 7.75. The van der Waals surface area contributed by atoms with E-state index in [9.17, 15) is 0 Å². The van der Waals surface area contributed by atoms with Crippen molar-refractivity contribution in [2.24, 2.45) is 11.7 Å². The highest BCUT2D eigenvalue weighted by molar-refractivity contribution is 7.09. The molecule has 0 spiro atoms. The summed E-state index contributed by atoms with van der Waals surface area (Å²) in [5.74, 6) is 0.662. The van der Waals surface area contributed by atoms with E-state index in [4.69, 9.17) is 5.73 Å². The highest BCUT2D eigenvalue weighted by Crippen LogP contribution is 2.22. The minimum Gasteiger partial charge on any atom is -0.327 e. The van der Waals surface area contributed by atoms with Gasteiger partial charge in [-0.25, -0.2) is 4.98 Å². The molecule has 2 unspecified atom stereocenters. The highest BCUT2D eigenvalue weighted by atomic mass is 32.1. The zero-order chi connectivity index (χ0) is 11.4. The fraction of sp³-hybridized carbons (Fsp3) is 0.750. The number of aromatic nitrogens is 1. The van der Waals surface area contributed by atoms with Gasteiger partial charge >= 0.3 is 0 Å². The topological polar surface area (TPSA) is 50.9 Å². The van der Waals surface area contributed by atoms with E-state index in [1.807, 2.05) is 6.92 Å². The van der Waals surface area contributed by atoms with Crippen molar-refractivity contribution < 1.29 is 0 Å². The molecule has 3 nitrogen and oxygen atoms in total. The number of aryl methyl sites for hydroxylation is 1. The molecule has 1 fully saturated rings. The van der Waals surface area contributed by atoms with Gasteiger partial charge in [0.1, 0.15) is 5.01 Å². The lowest BCUT2D eigenvalue weighted by atomic mass is 9.85. The van der Waals surface area contributed by atoms with Crippen LogP contribution in [-0.4, -0.2) is 17.6 Å². The van der Waals surface area contributed by atoms with Crippen LogP contribution in [0.5, 0.6) is 0 Å².